The van der Waals surface area contributed by atoms with Gasteiger partial charge in [0, 0.05) is 25.3 Å². The molecule has 0 aromatic carbocycles. The fraction of sp³-hybridized carbons (Fsp3) is 0.696. The van der Waals surface area contributed by atoms with Crippen molar-refractivity contribution in [3.8, 4) is 0 Å². The zero-order chi connectivity index (χ0) is 22.4. The average Bonchev–Trinajstić information content (AvgIpc) is 3.15. The number of alkyl carbamates (subject to hydrolysis) is 1. The molecule has 172 valence electrons. The Balaban J connectivity index is 1.41. The Hall–Kier alpha value is -2.35. The Kier molecular flexibility index (Phi) is 7.75. The number of carbonyl (C=O) groups excluding carboxylic acids is 1. The monoisotopic (exact) mass is 432 g/mol. The largest absolute Gasteiger partial charge is 0.480 e. The van der Waals surface area contributed by atoms with Gasteiger partial charge in [0.05, 0.1) is 0 Å². The maximum absolute atomic E-state index is 11.9. The van der Waals surface area contributed by atoms with Crippen LogP contribution in [0.15, 0.2) is 12.1 Å². The predicted octanol–water partition coefficient (Wildman–Crippen LogP) is 3.06. The zero-order valence-electron chi connectivity index (χ0n) is 18.9. The van der Waals surface area contributed by atoms with Crippen LogP contribution in [0.4, 0.5) is 10.6 Å². The molecule has 3 heterocycles. The smallest absolute Gasteiger partial charge is 0.408 e. The third-order valence-corrected chi connectivity index (χ3v) is 5.85. The number of carboxylic acids is 1. The lowest BCUT2D eigenvalue weighted by atomic mass is 10.00. The van der Waals surface area contributed by atoms with E-state index in [2.05, 4.69) is 27.7 Å². The van der Waals surface area contributed by atoms with Crippen molar-refractivity contribution in [2.24, 2.45) is 5.92 Å². The summed E-state index contributed by atoms with van der Waals surface area (Å²) >= 11 is 0. The number of rotatable bonds is 8. The Labute approximate surface area is 184 Å². The Morgan fingerprint density at radius 1 is 1.39 bits per heavy atom. The molecule has 0 aliphatic carbocycles. The van der Waals surface area contributed by atoms with Crippen LogP contribution in [0.25, 0.3) is 0 Å². The van der Waals surface area contributed by atoms with Gasteiger partial charge >= 0.3 is 12.1 Å². The van der Waals surface area contributed by atoms with Crippen molar-refractivity contribution in [1.82, 2.24) is 15.2 Å². The number of hydrogen-bond donors (Lipinski definition) is 3. The van der Waals surface area contributed by atoms with E-state index in [1.54, 1.807) is 20.8 Å². The number of carbonyl (C=O) groups is 2. The topological polar surface area (TPSA) is 104 Å². The number of nitrogens with zero attached hydrogens (tertiary/aromatic N) is 2. The van der Waals surface area contributed by atoms with Crippen LogP contribution >= 0.6 is 0 Å². The van der Waals surface area contributed by atoms with Gasteiger partial charge in [0.15, 0.2) is 0 Å². The summed E-state index contributed by atoms with van der Waals surface area (Å²) in [6.45, 7) is 8.82. The lowest BCUT2D eigenvalue weighted by Crippen LogP contribution is -2.45. The standard InChI is InChI=1S/C23H36N4O4/c1-23(2,3)31-22(30)26-19(21(28)29)11-14-27-13-10-16(15-27)6-8-18-9-7-17-5-4-12-24-20(17)25-18/h7,9,16,19H,4-6,8,10-15H2,1-3H3,(H,24,25)(H,26,30)(H,28,29)/t16-,19+/m1/s1. The number of nitrogens with one attached hydrogen (secondary N) is 2. The van der Waals surface area contributed by atoms with Gasteiger partial charge in [0.1, 0.15) is 17.5 Å². The molecular weight excluding hydrogens is 396 g/mol. The number of aryl methyl sites for hydroxylation is 2. The third-order valence-electron chi connectivity index (χ3n) is 5.85. The summed E-state index contributed by atoms with van der Waals surface area (Å²) in [7, 11) is 0. The Bertz CT molecular complexity index is 777. The molecule has 0 radical (unpaired) electrons. The number of hydrogen-bond acceptors (Lipinski definition) is 6. The van der Waals surface area contributed by atoms with E-state index in [1.165, 1.54) is 12.0 Å². The number of likely N-dealkylation sites (tertiary alicyclic amines) is 1. The van der Waals surface area contributed by atoms with Gasteiger partial charge < -0.3 is 25.4 Å². The van der Waals surface area contributed by atoms with Crippen LogP contribution in [-0.2, 0) is 22.4 Å². The molecule has 3 N–H and O–H groups in total. The van der Waals surface area contributed by atoms with Gasteiger partial charge in [-0.2, -0.15) is 0 Å². The first-order valence-electron chi connectivity index (χ1n) is 11.4. The second-order valence-electron chi connectivity index (χ2n) is 9.66. The number of pyridine rings is 1. The van der Waals surface area contributed by atoms with Crippen LogP contribution in [0.1, 0.15) is 57.7 Å². The van der Waals surface area contributed by atoms with E-state index in [0.717, 1.165) is 56.8 Å². The second-order valence-corrected chi connectivity index (χ2v) is 9.66. The molecule has 1 aromatic heterocycles. The Morgan fingerprint density at radius 3 is 2.94 bits per heavy atom. The fourth-order valence-electron chi connectivity index (χ4n) is 4.23. The van der Waals surface area contributed by atoms with Crippen LogP contribution in [0.3, 0.4) is 0 Å². The summed E-state index contributed by atoms with van der Waals surface area (Å²) in [5.74, 6) is 0.607. The number of carboxylic acid groups (broad SMARTS) is 1. The SMILES string of the molecule is CC(C)(C)OC(=O)N[C@@H](CCN1CC[C@@H](CCc2ccc3c(n2)NCCC3)C1)C(=O)O. The minimum absolute atomic E-state index is 0.360. The molecule has 2 atom stereocenters. The molecule has 2 aliphatic heterocycles. The second kappa shape index (κ2) is 10.3. The van der Waals surface area contributed by atoms with E-state index in [-0.39, 0.29) is 0 Å². The van der Waals surface area contributed by atoms with Gasteiger partial charge in [-0.15, -0.1) is 0 Å². The highest BCUT2D eigenvalue weighted by Gasteiger charge is 2.27. The van der Waals surface area contributed by atoms with Crippen molar-refractivity contribution < 1.29 is 19.4 Å². The molecule has 0 bridgehead atoms. The molecule has 0 unspecified atom stereocenters. The molecular formula is C23H36N4O4. The number of aliphatic carboxylic acids is 1. The van der Waals surface area contributed by atoms with Crippen molar-refractivity contribution in [2.75, 3.05) is 31.5 Å². The highest BCUT2D eigenvalue weighted by atomic mass is 16.6. The first kappa shape index (κ1) is 23.3. The lowest BCUT2D eigenvalue weighted by Gasteiger charge is -2.23. The normalized spacial score (nSPS) is 19.9. The van der Waals surface area contributed by atoms with Crippen molar-refractivity contribution in [3.05, 3.63) is 23.4 Å². The molecule has 1 fully saturated rings. The number of anilines is 1. The van der Waals surface area contributed by atoms with Crippen molar-refractivity contribution in [2.45, 2.75) is 70.9 Å². The molecule has 0 saturated carbocycles. The molecule has 8 heteroatoms. The maximum Gasteiger partial charge on any atom is 0.408 e. The molecule has 1 aromatic rings. The van der Waals surface area contributed by atoms with Gasteiger partial charge in [0.2, 0.25) is 0 Å². The lowest BCUT2D eigenvalue weighted by molar-refractivity contribution is -0.139. The van der Waals surface area contributed by atoms with E-state index < -0.39 is 23.7 Å². The first-order valence-corrected chi connectivity index (χ1v) is 11.4. The van der Waals surface area contributed by atoms with Crippen molar-refractivity contribution >= 4 is 17.9 Å². The summed E-state index contributed by atoms with van der Waals surface area (Å²) < 4.78 is 5.18. The highest BCUT2D eigenvalue weighted by Crippen LogP contribution is 2.24. The summed E-state index contributed by atoms with van der Waals surface area (Å²) in [5.41, 5.74) is 1.80. The Morgan fingerprint density at radius 2 is 2.19 bits per heavy atom. The third kappa shape index (κ3) is 7.38. The summed E-state index contributed by atoms with van der Waals surface area (Å²) in [6, 6.07) is 3.41. The van der Waals surface area contributed by atoms with Gasteiger partial charge in [-0.1, -0.05) is 6.07 Å². The van der Waals surface area contributed by atoms with Gasteiger partial charge in [-0.05, 0) is 83.4 Å². The van der Waals surface area contributed by atoms with Crippen LogP contribution in [0, 0.1) is 5.92 Å². The number of fused-ring (bicyclic) bond motifs is 1. The van der Waals surface area contributed by atoms with Gasteiger partial charge in [-0.25, -0.2) is 14.6 Å². The van der Waals surface area contributed by atoms with Gasteiger partial charge in [-0.3, -0.25) is 0 Å². The van der Waals surface area contributed by atoms with Crippen LogP contribution in [0.2, 0.25) is 0 Å². The van der Waals surface area contributed by atoms with Gasteiger partial charge in [0.25, 0.3) is 0 Å². The van der Waals surface area contributed by atoms with Crippen LogP contribution in [-0.4, -0.2) is 64.9 Å². The summed E-state index contributed by atoms with van der Waals surface area (Å²) in [4.78, 5) is 30.5. The molecule has 1 saturated heterocycles. The maximum atomic E-state index is 11.9. The molecule has 1 amide bonds. The molecule has 3 rings (SSSR count). The number of aromatic nitrogens is 1. The summed E-state index contributed by atoms with van der Waals surface area (Å²) in [6.07, 6.45) is 5.10. The predicted molar refractivity (Wildman–Crippen MR) is 119 cm³/mol. The van der Waals surface area contributed by atoms with Crippen LogP contribution in [0.5, 0.6) is 0 Å². The van der Waals surface area contributed by atoms with E-state index in [1.807, 2.05) is 0 Å². The van der Waals surface area contributed by atoms with Crippen molar-refractivity contribution in [1.29, 1.82) is 0 Å². The van der Waals surface area contributed by atoms with E-state index in [0.29, 0.717) is 18.9 Å². The molecule has 8 nitrogen and oxygen atoms in total. The van der Waals surface area contributed by atoms with E-state index in [9.17, 15) is 14.7 Å². The average molecular weight is 433 g/mol. The highest BCUT2D eigenvalue weighted by molar-refractivity contribution is 5.80. The fourth-order valence-corrected chi connectivity index (χ4v) is 4.23. The quantitative estimate of drug-likeness (QED) is 0.580. The molecule has 0 spiro atoms. The van der Waals surface area contributed by atoms with Crippen LogP contribution < -0.4 is 10.6 Å². The van der Waals surface area contributed by atoms with E-state index in [4.69, 9.17) is 9.72 Å². The first-order chi connectivity index (χ1) is 14.7. The molecule has 2 aliphatic rings. The van der Waals surface area contributed by atoms with Crippen molar-refractivity contribution in [3.63, 3.8) is 0 Å². The van der Waals surface area contributed by atoms with E-state index >= 15 is 0 Å². The number of amides is 1. The zero-order valence-corrected chi connectivity index (χ0v) is 18.9. The number of ether oxygens (including phenoxy) is 1. The minimum Gasteiger partial charge on any atom is -0.480 e. The molecule has 31 heavy (non-hydrogen) atoms. The summed E-state index contributed by atoms with van der Waals surface area (Å²) in [5, 5.41) is 15.3. The minimum atomic E-state index is -1.03.